The van der Waals surface area contributed by atoms with E-state index in [1.807, 2.05) is 0 Å². The summed E-state index contributed by atoms with van der Waals surface area (Å²) in [5.41, 5.74) is -0.231. The number of hydrogen-bond acceptors (Lipinski definition) is 2. The van der Waals surface area contributed by atoms with Crippen LogP contribution in [0.1, 0.15) is 0 Å². The first-order valence-electron chi connectivity index (χ1n) is 1.26. The van der Waals surface area contributed by atoms with Crippen LogP contribution in [0.2, 0.25) is 0 Å². The van der Waals surface area contributed by atoms with Gasteiger partial charge < -0.3 is 5.11 Å². The van der Waals surface area contributed by atoms with Crippen LogP contribution in [0.15, 0.2) is 10.9 Å². The van der Waals surface area contributed by atoms with Crippen LogP contribution >= 0.6 is 0 Å². The van der Waals surface area contributed by atoms with Crippen molar-refractivity contribution in [1.29, 1.82) is 0 Å². The lowest BCUT2D eigenvalue weighted by Crippen LogP contribution is -1.65. The molecule has 0 bridgehead atoms. The van der Waals surface area contributed by atoms with E-state index >= 15 is 0 Å². The van der Waals surface area contributed by atoms with Gasteiger partial charge in [0.25, 0.3) is 0 Å². The van der Waals surface area contributed by atoms with Crippen LogP contribution in [-0.4, -0.2) is 5.11 Å². The highest BCUT2D eigenvalue weighted by atomic mass is 16.3. The van der Waals surface area contributed by atoms with Gasteiger partial charge in [0, 0.05) is 6.07 Å². The molecule has 26 valence electrons. The van der Waals surface area contributed by atoms with Crippen molar-refractivity contribution in [2.75, 3.05) is 0 Å². The minimum Gasteiger partial charge on any atom is -0.504 e. The average molecular weight is 70.0 g/mol. The Kier molecular flexibility index (Phi) is 0.199. The second-order valence-electron chi connectivity index (χ2n) is 0.894. The molecule has 5 heavy (non-hydrogen) atoms. The molecule has 0 aliphatic heterocycles. The third-order valence-electron chi connectivity index (χ3n) is 0.437. The van der Waals surface area contributed by atoms with E-state index in [0.29, 0.717) is 0 Å². The monoisotopic (exact) mass is 70.0 g/mol. The van der Waals surface area contributed by atoms with Crippen molar-refractivity contribution >= 4 is 0 Å². The van der Waals surface area contributed by atoms with E-state index in [-0.39, 0.29) is 11.2 Å². The van der Waals surface area contributed by atoms with Crippen molar-refractivity contribution in [2.45, 2.75) is 0 Å². The van der Waals surface area contributed by atoms with Gasteiger partial charge in [0.05, 0.1) is 0 Å². The van der Waals surface area contributed by atoms with E-state index in [0.717, 1.165) is 0 Å². The van der Waals surface area contributed by atoms with E-state index in [2.05, 4.69) is 0 Å². The highest BCUT2D eigenvalue weighted by Gasteiger charge is 2.00. The molecule has 1 rings (SSSR count). The molecular formula is C3H2O2. The third-order valence-corrected chi connectivity index (χ3v) is 0.437. The molecule has 1 aromatic rings. The van der Waals surface area contributed by atoms with Crippen LogP contribution in [0.5, 0.6) is 5.75 Å². The van der Waals surface area contributed by atoms with Gasteiger partial charge in [-0.25, -0.2) is 0 Å². The molecule has 0 radical (unpaired) electrons. The SMILES string of the molecule is O=c1cc1O. The summed E-state index contributed by atoms with van der Waals surface area (Å²) in [4.78, 5) is 9.54. The molecule has 1 N–H and O–H groups in total. The maximum absolute atomic E-state index is 9.54. The van der Waals surface area contributed by atoms with Crippen molar-refractivity contribution in [1.82, 2.24) is 0 Å². The fourth-order valence-corrected chi connectivity index (χ4v) is 0.0881. The Bertz CT molecular complexity index is 136. The van der Waals surface area contributed by atoms with Gasteiger partial charge in [-0.1, -0.05) is 0 Å². The molecule has 0 atom stereocenters. The van der Waals surface area contributed by atoms with Gasteiger partial charge in [0.1, 0.15) is 0 Å². The van der Waals surface area contributed by atoms with Gasteiger partial charge in [0.2, 0.25) is 5.43 Å². The first kappa shape index (κ1) is 2.45. The third kappa shape index (κ3) is 0.173. The fraction of sp³-hybridized carbons (Fsp3) is 0. The maximum Gasteiger partial charge on any atom is 0.224 e. The standard InChI is InChI=1S/C3H2O2/c4-2-1-3(2)5/h1,4H. The smallest absolute Gasteiger partial charge is 0.224 e. The van der Waals surface area contributed by atoms with Gasteiger partial charge in [-0.15, -0.1) is 0 Å². The Labute approximate surface area is 28.4 Å². The Hall–Kier alpha value is -0.790. The average Bonchev–Trinajstić information content (AvgIpc) is 1.79. The Morgan fingerprint density at radius 2 is 2.00 bits per heavy atom. The number of rotatable bonds is 0. The predicted octanol–water partition coefficient (Wildman–Crippen LogP) is -0.372. The summed E-state index contributed by atoms with van der Waals surface area (Å²) in [5.74, 6) is -0.0926. The molecule has 0 spiro atoms. The first-order chi connectivity index (χ1) is 2.30. The van der Waals surface area contributed by atoms with Crippen molar-refractivity contribution in [3.8, 4) is 5.75 Å². The normalized spacial score (nSPS) is 9.60. The minimum absolute atomic E-state index is 0.0926. The molecule has 0 heterocycles. The molecule has 0 amide bonds. The van der Waals surface area contributed by atoms with Crippen LogP contribution in [0.4, 0.5) is 0 Å². The molecule has 0 saturated heterocycles. The van der Waals surface area contributed by atoms with E-state index < -0.39 is 0 Å². The van der Waals surface area contributed by atoms with Crippen LogP contribution in [0.25, 0.3) is 0 Å². The summed E-state index contributed by atoms with van der Waals surface area (Å²) in [6, 6.07) is 1.17. The van der Waals surface area contributed by atoms with Crippen LogP contribution in [0, 0.1) is 0 Å². The van der Waals surface area contributed by atoms with Crippen molar-refractivity contribution < 1.29 is 5.11 Å². The second-order valence-corrected chi connectivity index (χ2v) is 0.894. The van der Waals surface area contributed by atoms with Gasteiger partial charge in [-0.05, 0) is 0 Å². The molecule has 0 fully saturated rings. The summed E-state index contributed by atoms with van der Waals surface area (Å²) in [5, 5.41) is 7.95. The molecule has 0 saturated carbocycles. The molecule has 1 aromatic carbocycles. The van der Waals surface area contributed by atoms with Crippen molar-refractivity contribution in [2.24, 2.45) is 0 Å². The van der Waals surface area contributed by atoms with Gasteiger partial charge in [0.15, 0.2) is 5.75 Å². The lowest BCUT2D eigenvalue weighted by Gasteiger charge is -1.47. The first-order valence-corrected chi connectivity index (χ1v) is 1.26. The fourth-order valence-electron chi connectivity index (χ4n) is 0.0881. The maximum atomic E-state index is 9.54. The molecule has 0 unspecified atom stereocenters. The van der Waals surface area contributed by atoms with Gasteiger partial charge in [-0.2, -0.15) is 0 Å². The summed E-state index contributed by atoms with van der Waals surface area (Å²) < 4.78 is 0. The second kappa shape index (κ2) is 0.407. The van der Waals surface area contributed by atoms with Gasteiger partial charge >= 0.3 is 0 Å². The molecule has 0 aliphatic rings. The van der Waals surface area contributed by atoms with Crippen molar-refractivity contribution in [3.05, 3.63) is 16.3 Å². The summed E-state index contributed by atoms with van der Waals surface area (Å²) in [7, 11) is 0. The van der Waals surface area contributed by atoms with Crippen molar-refractivity contribution in [3.63, 3.8) is 0 Å². The largest absolute Gasteiger partial charge is 0.504 e. The Morgan fingerprint density at radius 1 is 1.80 bits per heavy atom. The summed E-state index contributed by atoms with van der Waals surface area (Å²) >= 11 is 0. The minimum atomic E-state index is -0.231. The topological polar surface area (TPSA) is 37.3 Å². The number of aromatic hydroxyl groups is 1. The zero-order valence-electron chi connectivity index (χ0n) is 2.43. The van der Waals surface area contributed by atoms with E-state index in [1.165, 1.54) is 6.07 Å². The van der Waals surface area contributed by atoms with Crippen LogP contribution in [0.3, 0.4) is 0 Å². The molecule has 0 aliphatic carbocycles. The highest BCUT2D eigenvalue weighted by molar-refractivity contribution is 5.28. The Morgan fingerprint density at radius 3 is 2.00 bits per heavy atom. The lowest BCUT2D eigenvalue weighted by molar-refractivity contribution is 0.488. The zero-order valence-corrected chi connectivity index (χ0v) is 2.43. The highest BCUT2D eigenvalue weighted by Crippen LogP contribution is 1.99. The number of hydrogen-bond donors (Lipinski definition) is 1. The Balaban J connectivity index is 3.15. The van der Waals surface area contributed by atoms with E-state index in [1.54, 1.807) is 0 Å². The summed E-state index contributed by atoms with van der Waals surface area (Å²) in [6.45, 7) is 0. The van der Waals surface area contributed by atoms with E-state index in [9.17, 15) is 4.79 Å². The van der Waals surface area contributed by atoms with E-state index in [4.69, 9.17) is 5.11 Å². The molecular weight excluding hydrogens is 68.0 g/mol. The van der Waals surface area contributed by atoms with Crippen LogP contribution < -0.4 is 5.43 Å². The van der Waals surface area contributed by atoms with Gasteiger partial charge in [-0.3, -0.25) is 4.79 Å². The van der Waals surface area contributed by atoms with Crippen LogP contribution in [-0.2, 0) is 0 Å². The molecule has 2 heteroatoms. The predicted molar refractivity (Wildman–Crippen MR) is 16.7 cm³/mol. The zero-order chi connectivity index (χ0) is 3.86. The summed E-state index contributed by atoms with van der Waals surface area (Å²) in [6.07, 6.45) is 0. The lowest BCUT2D eigenvalue weighted by atomic mass is 11.0. The molecule has 2 nitrogen and oxygen atoms in total. The quantitative estimate of drug-likeness (QED) is 0.452. The molecule has 0 aromatic heterocycles.